The zero-order valence-electron chi connectivity index (χ0n) is 16.9. The summed E-state index contributed by atoms with van der Waals surface area (Å²) in [6.45, 7) is 4.53. The molecule has 0 saturated heterocycles. The molecule has 0 aliphatic heterocycles. The molecule has 0 aliphatic carbocycles. The molecule has 0 aliphatic rings. The monoisotopic (exact) mass is 388 g/mol. The van der Waals surface area contributed by atoms with E-state index in [0.29, 0.717) is 0 Å². The maximum Gasteiger partial charge on any atom is 0.145 e. The van der Waals surface area contributed by atoms with Crippen LogP contribution in [0, 0.1) is 18.8 Å². The fraction of sp³-hybridized carbons (Fsp3) is 0.0714. The van der Waals surface area contributed by atoms with Gasteiger partial charge in [-0.15, -0.1) is 0 Å². The van der Waals surface area contributed by atoms with Crippen molar-refractivity contribution in [3.8, 4) is 11.8 Å². The molecule has 4 aromatic rings. The van der Waals surface area contributed by atoms with Crippen LogP contribution in [0.25, 0.3) is 0 Å². The van der Waals surface area contributed by atoms with Crippen LogP contribution >= 0.6 is 0 Å². The summed E-state index contributed by atoms with van der Waals surface area (Å²) in [6.07, 6.45) is 0. The molecule has 0 heterocycles. The van der Waals surface area contributed by atoms with Crippen molar-refractivity contribution in [1.82, 2.24) is 0 Å². The highest BCUT2D eigenvalue weighted by Gasteiger charge is 2.33. The molecule has 0 nitrogen and oxygen atoms in total. The molecule has 1 heteroatoms. The van der Waals surface area contributed by atoms with Crippen LogP contribution in [0.5, 0.6) is 0 Å². The van der Waals surface area contributed by atoms with Gasteiger partial charge in [0.25, 0.3) is 0 Å². The molecule has 0 unspecified atom stereocenters. The van der Waals surface area contributed by atoms with Gasteiger partial charge in [0.05, 0.1) is 0 Å². The van der Waals surface area contributed by atoms with E-state index >= 15 is 0 Å². The highest BCUT2D eigenvalue weighted by Crippen LogP contribution is 2.09. The Balaban J connectivity index is 1.71. The Morgan fingerprint density at radius 1 is 0.483 bits per heavy atom. The second-order valence-corrected chi connectivity index (χ2v) is 11.5. The van der Waals surface area contributed by atoms with Gasteiger partial charge in [-0.25, -0.2) is 0 Å². The smallest absolute Gasteiger partial charge is 0.0624 e. The van der Waals surface area contributed by atoms with Gasteiger partial charge in [0.2, 0.25) is 0 Å². The van der Waals surface area contributed by atoms with Gasteiger partial charge in [0, 0.05) is 11.1 Å². The third kappa shape index (κ3) is 4.09. The lowest BCUT2D eigenvalue weighted by Crippen LogP contribution is -2.64. The first kappa shape index (κ1) is 19.0. The molecular formula is C28H24Si. The summed E-state index contributed by atoms with van der Waals surface area (Å²) < 4.78 is 0. The van der Waals surface area contributed by atoms with Crippen LogP contribution in [0.1, 0.15) is 16.7 Å². The SMILES string of the molecule is Cc1ccc(C#Cc2ccc([Si](C)(c3ccccc3)c3ccccc3)cc2)cc1. The summed E-state index contributed by atoms with van der Waals surface area (Å²) in [5.74, 6) is 6.58. The molecule has 29 heavy (non-hydrogen) atoms. The van der Waals surface area contributed by atoms with Crippen molar-refractivity contribution in [2.75, 3.05) is 0 Å². The van der Waals surface area contributed by atoms with Gasteiger partial charge in [0.1, 0.15) is 8.07 Å². The molecule has 0 fully saturated rings. The molecule has 0 N–H and O–H groups in total. The third-order valence-electron chi connectivity index (χ3n) is 5.57. The van der Waals surface area contributed by atoms with Crippen LogP contribution in [-0.4, -0.2) is 8.07 Å². The zero-order chi connectivity index (χ0) is 20.1. The van der Waals surface area contributed by atoms with Crippen molar-refractivity contribution >= 4 is 23.6 Å². The Labute approximate surface area is 174 Å². The normalized spacial score (nSPS) is 10.8. The number of hydrogen-bond acceptors (Lipinski definition) is 0. The lowest BCUT2D eigenvalue weighted by atomic mass is 10.1. The second-order valence-electron chi connectivity index (χ2n) is 7.55. The van der Waals surface area contributed by atoms with Crippen LogP contribution in [0.4, 0.5) is 0 Å². The molecule has 4 rings (SSSR count). The highest BCUT2D eigenvalue weighted by atomic mass is 28.3. The van der Waals surface area contributed by atoms with E-state index in [-0.39, 0.29) is 0 Å². The van der Waals surface area contributed by atoms with Crippen LogP contribution in [0.3, 0.4) is 0 Å². The van der Waals surface area contributed by atoms with Gasteiger partial charge >= 0.3 is 0 Å². The topological polar surface area (TPSA) is 0 Å². The first-order chi connectivity index (χ1) is 14.2. The first-order valence-electron chi connectivity index (χ1n) is 9.96. The molecule has 0 atom stereocenters. The second kappa shape index (κ2) is 8.35. The maximum atomic E-state index is 3.30. The van der Waals surface area contributed by atoms with Gasteiger partial charge in [-0.05, 0) is 46.7 Å². The Kier molecular flexibility index (Phi) is 5.47. The molecule has 140 valence electrons. The largest absolute Gasteiger partial charge is 0.145 e. The molecule has 0 radical (unpaired) electrons. The van der Waals surface area contributed by atoms with E-state index in [1.54, 1.807) is 0 Å². The minimum atomic E-state index is -2.04. The Hall–Kier alpha value is -3.34. The molecule has 0 aromatic heterocycles. The van der Waals surface area contributed by atoms with E-state index in [9.17, 15) is 0 Å². The average molecular weight is 389 g/mol. The lowest BCUT2D eigenvalue weighted by Gasteiger charge is -2.29. The molecule has 0 amide bonds. The number of rotatable bonds is 3. The number of aryl methyl sites for hydroxylation is 1. The summed E-state index contributed by atoms with van der Waals surface area (Å²) in [5.41, 5.74) is 3.35. The predicted octanol–water partition coefficient (Wildman–Crippen LogP) is 4.49. The van der Waals surface area contributed by atoms with E-state index in [0.717, 1.165) is 11.1 Å². The van der Waals surface area contributed by atoms with Crippen molar-refractivity contribution in [3.05, 3.63) is 126 Å². The predicted molar refractivity (Wildman–Crippen MR) is 127 cm³/mol. The van der Waals surface area contributed by atoms with Crippen LogP contribution in [0.15, 0.2) is 109 Å². The average Bonchev–Trinajstić information content (AvgIpc) is 2.80. The van der Waals surface area contributed by atoms with Gasteiger partial charge in [-0.3, -0.25) is 0 Å². The molecule has 4 aromatic carbocycles. The van der Waals surface area contributed by atoms with Crippen molar-refractivity contribution in [3.63, 3.8) is 0 Å². The maximum absolute atomic E-state index is 3.30. The fourth-order valence-electron chi connectivity index (χ4n) is 3.71. The molecule has 0 saturated carbocycles. The Morgan fingerprint density at radius 2 is 0.862 bits per heavy atom. The van der Waals surface area contributed by atoms with Crippen molar-refractivity contribution in [2.45, 2.75) is 13.5 Å². The van der Waals surface area contributed by atoms with Crippen LogP contribution < -0.4 is 15.6 Å². The molecule has 0 spiro atoms. The molecule has 0 bridgehead atoms. The van der Waals surface area contributed by atoms with Crippen molar-refractivity contribution in [1.29, 1.82) is 0 Å². The third-order valence-corrected chi connectivity index (χ3v) is 10.0. The van der Waals surface area contributed by atoms with E-state index in [1.165, 1.54) is 21.1 Å². The van der Waals surface area contributed by atoms with E-state index < -0.39 is 8.07 Å². The van der Waals surface area contributed by atoms with E-state index in [2.05, 4.69) is 135 Å². The summed E-state index contributed by atoms with van der Waals surface area (Å²) in [6, 6.07) is 39.0. The lowest BCUT2D eigenvalue weighted by molar-refractivity contribution is 1.46. The summed E-state index contributed by atoms with van der Waals surface area (Å²) in [7, 11) is -2.04. The van der Waals surface area contributed by atoms with Crippen molar-refractivity contribution in [2.24, 2.45) is 0 Å². The van der Waals surface area contributed by atoms with Gasteiger partial charge in [0.15, 0.2) is 0 Å². The van der Waals surface area contributed by atoms with Gasteiger partial charge in [-0.2, -0.15) is 0 Å². The fourth-order valence-corrected chi connectivity index (χ4v) is 7.26. The standard InChI is InChI=1S/C28H24Si/c1-23-13-15-24(16-14-23)17-18-25-19-21-28(22-20-25)29(2,26-9-5-3-6-10-26)27-11-7-4-8-12-27/h3-16,19-22H,1-2H3. The van der Waals surface area contributed by atoms with Crippen molar-refractivity contribution < 1.29 is 0 Å². The summed E-state index contributed by atoms with van der Waals surface area (Å²) >= 11 is 0. The summed E-state index contributed by atoms with van der Waals surface area (Å²) in [4.78, 5) is 0. The Morgan fingerprint density at radius 3 is 1.31 bits per heavy atom. The quantitative estimate of drug-likeness (QED) is 0.275. The Bertz CT molecular complexity index is 1090. The minimum Gasteiger partial charge on any atom is -0.0624 e. The summed E-state index contributed by atoms with van der Waals surface area (Å²) in [5, 5.41) is 4.24. The highest BCUT2D eigenvalue weighted by molar-refractivity contribution is 7.10. The first-order valence-corrected chi connectivity index (χ1v) is 12.5. The number of benzene rings is 4. The number of hydrogen-bond donors (Lipinski definition) is 0. The van der Waals surface area contributed by atoms with E-state index in [4.69, 9.17) is 0 Å². The van der Waals surface area contributed by atoms with Crippen LogP contribution in [0.2, 0.25) is 6.55 Å². The van der Waals surface area contributed by atoms with Gasteiger partial charge in [-0.1, -0.05) is 109 Å². The van der Waals surface area contributed by atoms with Gasteiger partial charge < -0.3 is 0 Å². The minimum absolute atomic E-state index is 1.05. The zero-order valence-corrected chi connectivity index (χ0v) is 17.9. The molecular weight excluding hydrogens is 364 g/mol. The van der Waals surface area contributed by atoms with E-state index in [1.807, 2.05) is 0 Å². The van der Waals surface area contributed by atoms with Crippen LogP contribution in [-0.2, 0) is 0 Å².